The third-order valence-electron chi connectivity index (χ3n) is 4.20. The van der Waals surface area contributed by atoms with Crippen LogP contribution in [0.3, 0.4) is 0 Å². The van der Waals surface area contributed by atoms with Crippen molar-refractivity contribution >= 4 is 13.3 Å². The van der Waals surface area contributed by atoms with Crippen molar-refractivity contribution in [2.75, 3.05) is 13.2 Å². The van der Waals surface area contributed by atoms with Gasteiger partial charge in [0.1, 0.15) is 0 Å². The van der Waals surface area contributed by atoms with E-state index in [-0.39, 0.29) is 26.1 Å². The van der Waals surface area contributed by atoms with Crippen LogP contribution >= 0.6 is 0 Å². The van der Waals surface area contributed by atoms with E-state index in [9.17, 15) is 18.3 Å². The number of hydrogen-bond donors (Lipinski definition) is 0. The van der Waals surface area contributed by atoms with Crippen LogP contribution in [0.25, 0.3) is 0 Å². The van der Waals surface area contributed by atoms with Crippen LogP contribution < -0.4 is 0 Å². The zero-order valence-corrected chi connectivity index (χ0v) is 17.1. The summed E-state index contributed by atoms with van der Waals surface area (Å²) < 4.78 is 51.2. The molecule has 0 saturated heterocycles. The Morgan fingerprint density at radius 1 is 1.12 bits per heavy atom. The first kappa shape index (κ1) is 21.7. The summed E-state index contributed by atoms with van der Waals surface area (Å²) in [4.78, 5) is 0. The third kappa shape index (κ3) is 5.61. The predicted molar refractivity (Wildman–Crippen MR) is 89.5 cm³/mol. The molecule has 0 aromatic carbocycles. The molecule has 1 rings (SSSR count). The van der Waals surface area contributed by atoms with Crippen molar-refractivity contribution in [1.29, 1.82) is 0 Å². The molecule has 3 nitrogen and oxygen atoms in total. The quantitative estimate of drug-likeness (QED) is 0.362. The normalized spacial score (nSPS) is 16.3. The fourth-order valence-corrected chi connectivity index (χ4v) is 6.68. The average Bonchev–Trinajstić information content (AvgIpc) is 2.97. The summed E-state index contributed by atoms with van der Waals surface area (Å²) in [5.41, 5.74) is 0.720. The van der Waals surface area contributed by atoms with Crippen LogP contribution in [0, 0.1) is 0 Å². The van der Waals surface area contributed by atoms with Gasteiger partial charge in [-0.3, -0.25) is 0 Å². The van der Waals surface area contributed by atoms with Crippen molar-refractivity contribution in [2.24, 2.45) is 0 Å². The minimum absolute atomic E-state index is 0.0314. The maximum absolute atomic E-state index is 13.4. The second-order valence-corrected chi connectivity index (χ2v) is 15.8. The molecule has 139 valence electrons. The molecule has 1 aliphatic carbocycles. The number of alkyl halides is 3. The van der Waals surface area contributed by atoms with E-state index in [4.69, 9.17) is 9.47 Å². The van der Waals surface area contributed by atoms with E-state index in [0.717, 1.165) is 5.57 Å². The molecule has 0 atom stereocenters. The van der Waals surface area contributed by atoms with Gasteiger partial charge in [0.15, 0.2) is 0 Å². The van der Waals surface area contributed by atoms with Gasteiger partial charge >= 0.3 is 145 Å². The van der Waals surface area contributed by atoms with Crippen LogP contribution in [-0.2, 0) is 14.6 Å². The van der Waals surface area contributed by atoms with E-state index in [0.29, 0.717) is 23.7 Å². The molecule has 0 fully saturated rings. The number of hydrogen-bond acceptors (Lipinski definition) is 2. The van der Waals surface area contributed by atoms with Gasteiger partial charge in [0.05, 0.1) is 0 Å². The van der Waals surface area contributed by atoms with Gasteiger partial charge in [-0.05, 0) is 0 Å². The van der Waals surface area contributed by atoms with E-state index in [1.54, 1.807) is 12.2 Å². The van der Waals surface area contributed by atoms with Crippen LogP contribution in [0.1, 0.15) is 46.0 Å². The van der Waals surface area contributed by atoms with E-state index in [1.165, 1.54) is 11.5 Å². The molecule has 0 aliphatic heterocycles. The Kier molecular flexibility index (Phi) is 8.04. The Morgan fingerprint density at radius 3 is 2.12 bits per heavy atom. The molecule has 0 spiro atoms. The first-order valence-electron chi connectivity index (χ1n) is 8.51. The Hall–Kier alpha value is -0.307. The van der Waals surface area contributed by atoms with Crippen molar-refractivity contribution < 1.29 is 27.8 Å². The summed E-state index contributed by atoms with van der Waals surface area (Å²) in [5.74, 6) is 0.745. The van der Waals surface area contributed by atoms with E-state index in [1.807, 2.05) is 13.8 Å². The Morgan fingerprint density at radius 2 is 1.67 bits per heavy atom. The van der Waals surface area contributed by atoms with Gasteiger partial charge in [0.25, 0.3) is 0 Å². The average molecular weight is 410 g/mol. The molecule has 0 saturated carbocycles. The molecule has 0 heterocycles. The molecule has 7 heteroatoms. The zero-order valence-electron chi connectivity index (χ0n) is 15.0. The first-order valence-corrected chi connectivity index (χ1v) is 14.8. The molecule has 0 unspecified atom stereocenters. The van der Waals surface area contributed by atoms with Crippen LogP contribution in [0.4, 0.5) is 13.2 Å². The van der Waals surface area contributed by atoms with E-state index in [2.05, 4.69) is 0 Å². The van der Waals surface area contributed by atoms with Gasteiger partial charge in [0.2, 0.25) is 0 Å². The summed E-state index contributed by atoms with van der Waals surface area (Å²) >= 11 is -4.15. The molecule has 0 amide bonds. The molecule has 1 radical (unpaired) electrons. The summed E-state index contributed by atoms with van der Waals surface area (Å²) in [5, 5.41) is 8.48. The second-order valence-electron chi connectivity index (χ2n) is 6.63. The maximum atomic E-state index is 13.4. The van der Waals surface area contributed by atoms with Crippen LogP contribution in [0.15, 0.2) is 22.1 Å². The molecule has 0 bridgehead atoms. The van der Waals surface area contributed by atoms with E-state index >= 15 is 0 Å². The SMILES string of the molecule is CCCOC([O])(CCC1=[C]([Ge]([CH3])([CH3])[C](F)(F)F)C=CC1)OCCC. The van der Waals surface area contributed by atoms with Crippen molar-refractivity contribution in [3.63, 3.8) is 0 Å². The minimum atomic E-state index is -4.15. The molecular weight excluding hydrogens is 382 g/mol. The van der Waals surface area contributed by atoms with Crippen molar-refractivity contribution in [3.05, 3.63) is 22.1 Å². The fraction of sp³-hybridized carbons (Fsp3) is 0.765. The Bertz CT molecular complexity index is 462. The van der Waals surface area contributed by atoms with Crippen molar-refractivity contribution in [3.8, 4) is 0 Å². The van der Waals surface area contributed by atoms with Gasteiger partial charge in [-0.15, -0.1) is 0 Å². The molecule has 1 aliphatic rings. The standard InChI is InChI=1S/C17H28F3GeO3/c1-5-12-23-16(22,24-13-6-2)11-10-14-8-7-9-15(14)21(3,4)17(18,19)20/h7,9H,5-6,8,10-13H2,1-4H3. The van der Waals surface area contributed by atoms with Crippen LogP contribution in [-0.4, -0.2) is 37.5 Å². The molecule has 24 heavy (non-hydrogen) atoms. The number of allylic oxidation sites excluding steroid dienone is 4. The fourth-order valence-electron chi connectivity index (χ4n) is 2.59. The van der Waals surface area contributed by atoms with Gasteiger partial charge < -0.3 is 0 Å². The van der Waals surface area contributed by atoms with Gasteiger partial charge in [-0.1, -0.05) is 0 Å². The van der Waals surface area contributed by atoms with E-state index < -0.39 is 24.2 Å². The monoisotopic (exact) mass is 411 g/mol. The van der Waals surface area contributed by atoms with Gasteiger partial charge in [0, 0.05) is 0 Å². The predicted octanol–water partition coefficient (Wildman–Crippen LogP) is 5.31. The first-order chi connectivity index (χ1) is 11.1. The summed E-state index contributed by atoms with van der Waals surface area (Å²) in [6, 6.07) is 0. The van der Waals surface area contributed by atoms with Crippen molar-refractivity contribution in [1.82, 2.24) is 0 Å². The Balaban J connectivity index is 2.87. The summed E-state index contributed by atoms with van der Waals surface area (Å²) in [7, 11) is 0. The van der Waals surface area contributed by atoms with Crippen molar-refractivity contribution in [2.45, 2.75) is 68.4 Å². The summed E-state index contributed by atoms with van der Waals surface area (Å²) in [6.45, 7) is 4.34. The number of rotatable bonds is 10. The topological polar surface area (TPSA) is 38.4 Å². The Labute approximate surface area is 145 Å². The van der Waals surface area contributed by atoms with Crippen LogP contribution in [0.5, 0.6) is 0 Å². The molecule has 0 aromatic rings. The van der Waals surface area contributed by atoms with Gasteiger partial charge in [-0.25, -0.2) is 0 Å². The second kappa shape index (κ2) is 8.87. The van der Waals surface area contributed by atoms with Gasteiger partial charge in [-0.2, -0.15) is 0 Å². The number of ether oxygens (including phenoxy) is 2. The molecule has 0 aromatic heterocycles. The van der Waals surface area contributed by atoms with Crippen LogP contribution in [0.2, 0.25) is 11.5 Å². The molecular formula is C17H28F3GeO3. The summed E-state index contributed by atoms with van der Waals surface area (Å²) in [6.07, 6.45) is 5.53. The third-order valence-corrected chi connectivity index (χ3v) is 11.1. The molecule has 0 N–H and O–H groups in total. The zero-order chi connectivity index (χ0) is 18.4. The number of halogens is 3.